The van der Waals surface area contributed by atoms with E-state index in [0.717, 1.165) is 42.8 Å². The minimum absolute atomic E-state index is 0.0646. The number of nitrogens with one attached hydrogen (secondary N) is 1. The monoisotopic (exact) mass is 430 g/mol. The van der Waals surface area contributed by atoms with E-state index in [-0.39, 0.29) is 11.8 Å². The van der Waals surface area contributed by atoms with Crippen molar-refractivity contribution < 1.29 is 19.4 Å². The second-order valence-electron chi connectivity index (χ2n) is 9.04. The number of hydrogen-bond acceptors (Lipinski definition) is 4. The number of unbranched alkanes of at least 4 members (excludes halogenated alkanes) is 1. The molecular formula is C25H38N2O4. The topological polar surface area (TPSA) is 78.9 Å². The molecule has 31 heavy (non-hydrogen) atoms. The van der Waals surface area contributed by atoms with E-state index < -0.39 is 6.10 Å². The van der Waals surface area contributed by atoms with E-state index in [1.807, 2.05) is 30.0 Å². The van der Waals surface area contributed by atoms with Crippen molar-refractivity contribution in [2.45, 2.75) is 83.7 Å². The summed E-state index contributed by atoms with van der Waals surface area (Å²) in [6.45, 7) is 3.77. The van der Waals surface area contributed by atoms with Crippen LogP contribution >= 0.6 is 0 Å². The van der Waals surface area contributed by atoms with Gasteiger partial charge in [-0.25, -0.2) is 0 Å². The Morgan fingerprint density at radius 2 is 2.03 bits per heavy atom. The second kappa shape index (κ2) is 12.1. The standard InChI is InChI=1S/C25H38N2O4/c1-2-21(28)18-27(17-19-8-4-3-5-9-19)25(30)10-6-7-15-31-22-12-13-23-20(16-22)11-14-24(29)26-23/h12-13,16,19,21,28H,2-11,14-15,17-18H2,1H3,(H,26,29). The molecule has 0 radical (unpaired) electrons. The van der Waals surface area contributed by atoms with Crippen molar-refractivity contribution in [1.29, 1.82) is 0 Å². The van der Waals surface area contributed by atoms with Gasteiger partial charge in [0.2, 0.25) is 11.8 Å². The molecule has 2 aliphatic rings. The van der Waals surface area contributed by atoms with Crippen molar-refractivity contribution in [2.75, 3.05) is 25.0 Å². The number of rotatable bonds is 11. The molecule has 0 bridgehead atoms. The Morgan fingerprint density at radius 1 is 1.23 bits per heavy atom. The molecule has 1 aliphatic heterocycles. The molecule has 1 aliphatic carbocycles. The summed E-state index contributed by atoms with van der Waals surface area (Å²) < 4.78 is 5.87. The SMILES string of the molecule is CCC(O)CN(CC1CCCCC1)C(=O)CCCCOc1ccc2c(c1)CCC(=O)N2. The van der Waals surface area contributed by atoms with Crippen LogP contribution in [0.4, 0.5) is 5.69 Å². The highest BCUT2D eigenvalue weighted by Crippen LogP contribution is 2.27. The summed E-state index contributed by atoms with van der Waals surface area (Å²) in [7, 11) is 0. The quantitative estimate of drug-likeness (QED) is 0.513. The third-order valence-corrected chi connectivity index (χ3v) is 6.48. The van der Waals surface area contributed by atoms with Gasteiger partial charge in [0.1, 0.15) is 5.75 Å². The molecule has 1 heterocycles. The van der Waals surface area contributed by atoms with Gasteiger partial charge in [0.05, 0.1) is 12.7 Å². The van der Waals surface area contributed by atoms with Crippen LogP contribution in [0.25, 0.3) is 0 Å². The molecule has 0 saturated heterocycles. The van der Waals surface area contributed by atoms with Crippen molar-refractivity contribution in [3.63, 3.8) is 0 Å². The lowest BCUT2D eigenvalue weighted by molar-refractivity contribution is -0.133. The maximum Gasteiger partial charge on any atom is 0.224 e. The molecule has 1 aromatic carbocycles. The summed E-state index contributed by atoms with van der Waals surface area (Å²) in [6.07, 6.45) is 9.81. The zero-order chi connectivity index (χ0) is 22.1. The molecule has 1 saturated carbocycles. The normalized spacial score (nSPS) is 17.5. The summed E-state index contributed by atoms with van der Waals surface area (Å²) in [5, 5.41) is 13.0. The van der Waals surface area contributed by atoms with Gasteiger partial charge in [-0.2, -0.15) is 0 Å². The lowest BCUT2D eigenvalue weighted by Crippen LogP contribution is -2.40. The third-order valence-electron chi connectivity index (χ3n) is 6.48. The van der Waals surface area contributed by atoms with Crippen LogP contribution in [0.5, 0.6) is 5.75 Å². The molecule has 0 aromatic heterocycles. The molecule has 172 valence electrons. The highest BCUT2D eigenvalue weighted by atomic mass is 16.5. The number of anilines is 1. The zero-order valence-electron chi connectivity index (χ0n) is 18.9. The second-order valence-corrected chi connectivity index (χ2v) is 9.04. The number of fused-ring (bicyclic) bond motifs is 1. The average Bonchev–Trinajstić information content (AvgIpc) is 2.78. The fourth-order valence-electron chi connectivity index (χ4n) is 4.52. The molecule has 1 aromatic rings. The van der Waals surface area contributed by atoms with Crippen LogP contribution in [-0.4, -0.2) is 47.6 Å². The number of ether oxygens (including phenoxy) is 1. The summed E-state index contributed by atoms with van der Waals surface area (Å²) in [5.41, 5.74) is 1.99. The van der Waals surface area contributed by atoms with E-state index >= 15 is 0 Å². The predicted molar refractivity (Wildman–Crippen MR) is 122 cm³/mol. The molecule has 6 nitrogen and oxygen atoms in total. The Hall–Kier alpha value is -2.08. The number of carbonyl (C=O) groups is 2. The van der Waals surface area contributed by atoms with Crippen molar-refractivity contribution >= 4 is 17.5 Å². The van der Waals surface area contributed by atoms with Crippen LogP contribution in [0, 0.1) is 5.92 Å². The van der Waals surface area contributed by atoms with Crippen molar-refractivity contribution in [2.24, 2.45) is 5.92 Å². The zero-order valence-corrected chi connectivity index (χ0v) is 18.9. The number of hydrogen-bond donors (Lipinski definition) is 2. The van der Waals surface area contributed by atoms with E-state index in [0.29, 0.717) is 38.3 Å². The Bertz CT molecular complexity index is 730. The van der Waals surface area contributed by atoms with Crippen LogP contribution in [-0.2, 0) is 16.0 Å². The van der Waals surface area contributed by atoms with E-state index in [1.165, 1.54) is 32.1 Å². The Kier molecular flexibility index (Phi) is 9.19. The fraction of sp³-hybridized carbons (Fsp3) is 0.680. The Morgan fingerprint density at radius 3 is 2.81 bits per heavy atom. The first-order chi connectivity index (χ1) is 15.0. The van der Waals surface area contributed by atoms with Crippen molar-refractivity contribution in [1.82, 2.24) is 4.90 Å². The maximum atomic E-state index is 12.8. The fourth-order valence-corrected chi connectivity index (χ4v) is 4.52. The third kappa shape index (κ3) is 7.53. The van der Waals surface area contributed by atoms with Gasteiger partial charge in [-0.3, -0.25) is 9.59 Å². The van der Waals surface area contributed by atoms with Gasteiger partial charge in [0.15, 0.2) is 0 Å². The van der Waals surface area contributed by atoms with Crippen LogP contribution < -0.4 is 10.1 Å². The minimum atomic E-state index is -0.440. The summed E-state index contributed by atoms with van der Waals surface area (Å²) >= 11 is 0. The Labute approximate surface area is 186 Å². The van der Waals surface area contributed by atoms with Gasteiger partial charge < -0.3 is 20.1 Å². The van der Waals surface area contributed by atoms with Crippen LogP contribution in [0.3, 0.4) is 0 Å². The van der Waals surface area contributed by atoms with Gasteiger partial charge in [0.25, 0.3) is 0 Å². The lowest BCUT2D eigenvalue weighted by atomic mass is 9.88. The van der Waals surface area contributed by atoms with E-state index in [1.54, 1.807) is 0 Å². The molecule has 0 spiro atoms. The molecule has 1 fully saturated rings. The molecule has 1 atom stereocenters. The first-order valence-electron chi connectivity index (χ1n) is 12.1. The first kappa shape index (κ1) is 23.6. The van der Waals surface area contributed by atoms with Crippen LogP contribution in [0.15, 0.2) is 18.2 Å². The number of aliphatic hydroxyl groups excluding tert-OH is 1. The number of aliphatic hydroxyl groups is 1. The number of amides is 2. The molecule has 2 N–H and O–H groups in total. The van der Waals surface area contributed by atoms with E-state index in [2.05, 4.69) is 5.32 Å². The number of carbonyl (C=O) groups excluding carboxylic acids is 2. The highest BCUT2D eigenvalue weighted by Gasteiger charge is 2.22. The average molecular weight is 431 g/mol. The van der Waals surface area contributed by atoms with Gasteiger partial charge in [-0.15, -0.1) is 0 Å². The van der Waals surface area contributed by atoms with Gasteiger partial charge in [-0.05, 0) is 68.2 Å². The number of aryl methyl sites for hydroxylation is 1. The largest absolute Gasteiger partial charge is 0.494 e. The first-order valence-corrected chi connectivity index (χ1v) is 12.1. The summed E-state index contributed by atoms with van der Waals surface area (Å²) in [6, 6.07) is 5.78. The number of nitrogens with zero attached hydrogens (tertiary/aromatic N) is 1. The molecule has 2 amide bonds. The minimum Gasteiger partial charge on any atom is -0.494 e. The smallest absolute Gasteiger partial charge is 0.224 e. The van der Waals surface area contributed by atoms with E-state index in [4.69, 9.17) is 4.74 Å². The van der Waals surface area contributed by atoms with E-state index in [9.17, 15) is 14.7 Å². The van der Waals surface area contributed by atoms with Gasteiger partial charge in [-0.1, -0.05) is 26.2 Å². The van der Waals surface area contributed by atoms with Crippen molar-refractivity contribution in [3.8, 4) is 5.75 Å². The molecular weight excluding hydrogens is 392 g/mol. The molecule has 6 heteroatoms. The molecule has 1 unspecified atom stereocenters. The molecule has 3 rings (SSSR count). The summed E-state index contributed by atoms with van der Waals surface area (Å²) in [4.78, 5) is 26.2. The summed E-state index contributed by atoms with van der Waals surface area (Å²) in [5.74, 6) is 1.61. The van der Waals surface area contributed by atoms with Crippen LogP contribution in [0.1, 0.15) is 76.7 Å². The maximum absolute atomic E-state index is 12.8. The lowest BCUT2D eigenvalue weighted by Gasteiger charge is -2.31. The predicted octanol–water partition coefficient (Wildman–Crippen LogP) is 4.30. The van der Waals surface area contributed by atoms with Gasteiger partial charge in [0, 0.05) is 31.6 Å². The van der Waals surface area contributed by atoms with Crippen LogP contribution in [0.2, 0.25) is 0 Å². The number of benzene rings is 1. The van der Waals surface area contributed by atoms with Crippen molar-refractivity contribution in [3.05, 3.63) is 23.8 Å². The Balaban J connectivity index is 1.40. The van der Waals surface area contributed by atoms with Gasteiger partial charge >= 0.3 is 0 Å². The highest BCUT2D eigenvalue weighted by molar-refractivity contribution is 5.94.